The Labute approximate surface area is 142 Å². The number of rotatable bonds is 6. The van der Waals surface area contributed by atoms with Gasteiger partial charge in [-0.2, -0.15) is 0 Å². The predicted octanol–water partition coefficient (Wildman–Crippen LogP) is 5.13. The van der Waals surface area contributed by atoms with Gasteiger partial charge in [-0.05, 0) is 57.3 Å². The zero-order chi connectivity index (χ0) is 15.2. The minimum Gasteiger partial charge on any atom is -0.370 e. The minimum absolute atomic E-state index is 0.839. The van der Waals surface area contributed by atoms with Gasteiger partial charge in [-0.1, -0.05) is 19.4 Å². The monoisotopic (exact) mass is 412 g/mol. The van der Waals surface area contributed by atoms with E-state index in [0.29, 0.717) is 0 Å². The highest BCUT2D eigenvalue weighted by Gasteiger charge is 2.13. The maximum Gasteiger partial charge on any atom is 0.139 e. The molecule has 1 aromatic carbocycles. The van der Waals surface area contributed by atoms with E-state index in [-0.39, 0.29) is 0 Å². The van der Waals surface area contributed by atoms with E-state index in [2.05, 4.69) is 66.3 Å². The van der Waals surface area contributed by atoms with Gasteiger partial charge in [-0.15, -0.1) is 0 Å². The minimum atomic E-state index is 0.839. The number of hydrogen-bond donors (Lipinski definition) is 2. The van der Waals surface area contributed by atoms with Crippen LogP contribution >= 0.6 is 31.9 Å². The van der Waals surface area contributed by atoms with Crippen LogP contribution in [0.2, 0.25) is 0 Å². The van der Waals surface area contributed by atoms with Gasteiger partial charge in [0, 0.05) is 21.1 Å². The number of nitrogens with zero attached hydrogens (tertiary/aromatic N) is 2. The smallest absolute Gasteiger partial charge is 0.139 e. The van der Waals surface area contributed by atoms with Crippen LogP contribution in [0.4, 0.5) is 17.3 Å². The van der Waals surface area contributed by atoms with E-state index in [1.54, 1.807) is 6.33 Å². The quantitative estimate of drug-likeness (QED) is 0.689. The summed E-state index contributed by atoms with van der Waals surface area (Å²) < 4.78 is 1.98. The molecule has 2 rings (SSSR count). The van der Waals surface area contributed by atoms with Gasteiger partial charge < -0.3 is 10.6 Å². The molecule has 0 fully saturated rings. The van der Waals surface area contributed by atoms with Crippen LogP contribution < -0.4 is 10.6 Å². The highest BCUT2D eigenvalue weighted by atomic mass is 79.9. The number of benzene rings is 1. The summed E-state index contributed by atoms with van der Waals surface area (Å²) in [6.07, 6.45) is 3.55. The summed E-state index contributed by atoms with van der Waals surface area (Å²) in [5, 5.41) is 6.71. The van der Waals surface area contributed by atoms with Crippen LogP contribution in [-0.4, -0.2) is 16.5 Å². The van der Waals surface area contributed by atoms with Gasteiger partial charge in [0.05, 0.1) is 5.69 Å². The Balaban J connectivity index is 2.41. The zero-order valence-corrected chi connectivity index (χ0v) is 15.3. The summed E-state index contributed by atoms with van der Waals surface area (Å²) in [5.74, 6) is 1.75. The second-order valence-corrected chi connectivity index (χ2v) is 6.26. The van der Waals surface area contributed by atoms with E-state index in [4.69, 9.17) is 0 Å². The number of aromatic nitrogens is 2. The van der Waals surface area contributed by atoms with Crippen LogP contribution in [0.5, 0.6) is 0 Å². The molecular formula is C15H18Br2N4. The molecule has 0 atom stereocenters. The fourth-order valence-electron chi connectivity index (χ4n) is 2.06. The van der Waals surface area contributed by atoms with Crippen molar-refractivity contribution in [2.24, 2.45) is 0 Å². The molecule has 0 aliphatic heterocycles. The third-order valence-corrected chi connectivity index (χ3v) is 4.32. The summed E-state index contributed by atoms with van der Waals surface area (Å²) in [7, 11) is 0. The van der Waals surface area contributed by atoms with Gasteiger partial charge in [-0.25, -0.2) is 9.97 Å². The molecule has 1 heterocycles. The molecule has 6 heteroatoms. The van der Waals surface area contributed by atoms with Crippen molar-refractivity contribution in [3.63, 3.8) is 0 Å². The number of hydrogen-bond acceptors (Lipinski definition) is 4. The second-order valence-electron chi connectivity index (χ2n) is 4.55. The fourth-order valence-corrected chi connectivity index (χ4v) is 3.26. The van der Waals surface area contributed by atoms with E-state index in [1.807, 2.05) is 18.2 Å². The molecule has 0 bridgehead atoms. The van der Waals surface area contributed by atoms with Crippen LogP contribution in [-0.2, 0) is 6.42 Å². The maximum atomic E-state index is 4.41. The largest absolute Gasteiger partial charge is 0.370 e. The third kappa shape index (κ3) is 3.95. The van der Waals surface area contributed by atoms with E-state index in [0.717, 1.165) is 51.2 Å². The van der Waals surface area contributed by atoms with Gasteiger partial charge in [0.25, 0.3) is 0 Å². The highest BCUT2D eigenvalue weighted by Crippen LogP contribution is 2.34. The predicted molar refractivity (Wildman–Crippen MR) is 95.3 cm³/mol. The van der Waals surface area contributed by atoms with Crippen molar-refractivity contribution in [2.75, 3.05) is 17.2 Å². The third-order valence-electron chi connectivity index (χ3n) is 3.00. The maximum absolute atomic E-state index is 4.41. The standard InChI is InChI=1S/C15H18Br2N4/c1-3-6-10-14(18-4-2)19-9-20-15(10)21-13-11(16)7-5-8-12(13)17/h5,7-9H,3-4,6H2,1-2H3,(H2,18,19,20,21). The summed E-state index contributed by atoms with van der Waals surface area (Å²) in [4.78, 5) is 8.76. The van der Waals surface area contributed by atoms with Crippen molar-refractivity contribution < 1.29 is 0 Å². The topological polar surface area (TPSA) is 49.8 Å². The molecular weight excluding hydrogens is 396 g/mol. The van der Waals surface area contributed by atoms with Crippen LogP contribution in [0.15, 0.2) is 33.5 Å². The first kappa shape index (κ1) is 16.2. The Morgan fingerprint density at radius 3 is 2.33 bits per heavy atom. The number of nitrogens with one attached hydrogen (secondary N) is 2. The summed E-state index contributed by atoms with van der Waals surface area (Å²) in [6, 6.07) is 5.98. The average Bonchev–Trinajstić information content (AvgIpc) is 2.46. The molecule has 0 aliphatic rings. The molecule has 0 amide bonds. The molecule has 0 radical (unpaired) electrons. The number of para-hydroxylation sites is 1. The number of halogens is 2. The lowest BCUT2D eigenvalue weighted by Gasteiger charge is -2.16. The molecule has 112 valence electrons. The molecule has 2 aromatic rings. The van der Waals surface area contributed by atoms with Gasteiger partial charge in [-0.3, -0.25) is 0 Å². The average molecular weight is 414 g/mol. The van der Waals surface area contributed by atoms with Crippen molar-refractivity contribution in [3.05, 3.63) is 39.0 Å². The Hall–Kier alpha value is -1.14. The van der Waals surface area contributed by atoms with Gasteiger partial charge >= 0.3 is 0 Å². The Morgan fingerprint density at radius 2 is 1.71 bits per heavy atom. The normalized spacial score (nSPS) is 10.5. The van der Waals surface area contributed by atoms with Crippen LogP contribution in [0.1, 0.15) is 25.8 Å². The first-order valence-corrected chi connectivity index (χ1v) is 8.54. The van der Waals surface area contributed by atoms with E-state index >= 15 is 0 Å². The van der Waals surface area contributed by atoms with Crippen molar-refractivity contribution >= 4 is 49.2 Å². The lowest BCUT2D eigenvalue weighted by Crippen LogP contribution is -2.08. The molecule has 2 N–H and O–H groups in total. The lowest BCUT2D eigenvalue weighted by molar-refractivity contribution is 0.902. The summed E-state index contributed by atoms with van der Waals surface area (Å²) >= 11 is 7.13. The molecule has 0 saturated carbocycles. The van der Waals surface area contributed by atoms with E-state index in [9.17, 15) is 0 Å². The first-order chi connectivity index (χ1) is 10.2. The van der Waals surface area contributed by atoms with Crippen LogP contribution in [0, 0.1) is 0 Å². The lowest BCUT2D eigenvalue weighted by atomic mass is 10.1. The van der Waals surface area contributed by atoms with Gasteiger partial charge in [0.15, 0.2) is 0 Å². The van der Waals surface area contributed by atoms with Gasteiger partial charge in [0.1, 0.15) is 18.0 Å². The summed E-state index contributed by atoms with van der Waals surface area (Å²) in [6.45, 7) is 5.06. The SMILES string of the molecule is CCCc1c(NCC)ncnc1Nc1c(Br)cccc1Br. The molecule has 0 aliphatic carbocycles. The van der Waals surface area contributed by atoms with Crippen molar-refractivity contribution in [3.8, 4) is 0 Å². The Kier molecular flexibility index (Phi) is 5.99. The zero-order valence-electron chi connectivity index (χ0n) is 12.1. The van der Waals surface area contributed by atoms with E-state index < -0.39 is 0 Å². The second kappa shape index (κ2) is 7.75. The first-order valence-electron chi connectivity index (χ1n) is 6.96. The van der Waals surface area contributed by atoms with E-state index in [1.165, 1.54) is 0 Å². The fraction of sp³-hybridized carbons (Fsp3) is 0.333. The molecule has 0 saturated heterocycles. The van der Waals surface area contributed by atoms with Crippen molar-refractivity contribution in [1.29, 1.82) is 0 Å². The molecule has 4 nitrogen and oxygen atoms in total. The summed E-state index contributed by atoms with van der Waals surface area (Å²) in [5.41, 5.74) is 2.08. The van der Waals surface area contributed by atoms with Crippen LogP contribution in [0.3, 0.4) is 0 Å². The Morgan fingerprint density at radius 1 is 1.05 bits per heavy atom. The van der Waals surface area contributed by atoms with Crippen molar-refractivity contribution in [2.45, 2.75) is 26.7 Å². The van der Waals surface area contributed by atoms with Crippen molar-refractivity contribution in [1.82, 2.24) is 9.97 Å². The Bertz CT molecular complexity index is 596. The molecule has 1 aromatic heterocycles. The van der Waals surface area contributed by atoms with Crippen LogP contribution in [0.25, 0.3) is 0 Å². The molecule has 0 unspecified atom stereocenters. The highest BCUT2D eigenvalue weighted by molar-refractivity contribution is 9.11. The molecule has 0 spiro atoms. The molecule has 21 heavy (non-hydrogen) atoms. The van der Waals surface area contributed by atoms with Gasteiger partial charge in [0.2, 0.25) is 0 Å². The number of anilines is 3.